The average Bonchev–Trinajstić information content (AvgIpc) is 2.92. The molecule has 1 aromatic carbocycles. The number of rotatable bonds is 4. The fourth-order valence-corrected chi connectivity index (χ4v) is 3.05. The third-order valence-corrected chi connectivity index (χ3v) is 4.76. The molecule has 0 heterocycles. The average molecular weight is 312 g/mol. The second kappa shape index (κ2) is 4.81. The number of nitrogens with one attached hydrogen (secondary N) is 1. The Bertz CT molecular complexity index is 694. The molecule has 114 valence electrons. The van der Waals surface area contributed by atoms with Crippen molar-refractivity contribution < 1.29 is 23.1 Å². The molecule has 1 saturated carbocycles. The van der Waals surface area contributed by atoms with E-state index in [0.29, 0.717) is 5.69 Å². The number of primary sulfonamides is 1. The first-order valence-electron chi connectivity index (χ1n) is 6.21. The maximum Gasteiger partial charge on any atom is 0.307 e. The molecule has 0 aromatic heterocycles. The molecule has 1 fully saturated rings. The summed E-state index contributed by atoms with van der Waals surface area (Å²) in [4.78, 5) is 23.0. The molecule has 2 atom stereocenters. The van der Waals surface area contributed by atoms with Crippen molar-refractivity contribution in [2.24, 2.45) is 22.4 Å². The molecule has 1 aliphatic carbocycles. The summed E-state index contributed by atoms with van der Waals surface area (Å²) in [5.74, 6) is -2.70. The van der Waals surface area contributed by atoms with Crippen LogP contribution in [0.2, 0.25) is 0 Å². The van der Waals surface area contributed by atoms with Crippen molar-refractivity contribution in [1.29, 1.82) is 0 Å². The normalized spacial score (nSPS) is 23.4. The first kappa shape index (κ1) is 15.5. The number of benzene rings is 1. The fourth-order valence-electron chi connectivity index (χ4n) is 2.54. The smallest absolute Gasteiger partial charge is 0.307 e. The minimum Gasteiger partial charge on any atom is -0.481 e. The zero-order valence-corrected chi connectivity index (χ0v) is 12.3. The third kappa shape index (κ3) is 2.91. The van der Waals surface area contributed by atoms with Crippen LogP contribution in [0.5, 0.6) is 0 Å². The lowest BCUT2D eigenvalue weighted by Gasteiger charge is -2.06. The molecular weight excluding hydrogens is 296 g/mol. The summed E-state index contributed by atoms with van der Waals surface area (Å²) in [5, 5.41) is 16.6. The van der Waals surface area contributed by atoms with Gasteiger partial charge in [0.25, 0.3) is 0 Å². The van der Waals surface area contributed by atoms with Gasteiger partial charge in [-0.2, -0.15) is 0 Å². The summed E-state index contributed by atoms with van der Waals surface area (Å²) in [6.07, 6.45) is 0. The lowest BCUT2D eigenvalue weighted by molar-refractivity contribution is -0.140. The van der Waals surface area contributed by atoms with Gasteiger partial charge in [0.05, 0.1) is 16.7 Å². The standard InChI is InChI=1S/C13H16N2O5S/c1-13(2)9(10(13)12(17)18)11(16)15-7-3-5-8(6-4-7)21(14,19)20/h3-6,9-10H,1-2H3,(H,15,16)(H,17,18)(H2,14,19,20)/t9-,10+/m0/s1. The summed E-state index contributed by atoms with van der Waals surface area (Å²) in [6.45, 7) is 3.44. The van der Waals surface area contributed by atoms with Gasteiger partial charge < -0.3 is 10.4 Å². The van der Waals surface area contributed by atoms with Gasteiger partial charge in [-0.05, 0) is 29.7 Å². The van der Waals surface area contributed by atoms with Crippen LogP contribution in [0.1, 0.15) is 13.8 Å². The monoisotopic (exact) mass is 312 g/mol. The lowest BCUT2D eigenvalue weighted by Crippen LogP contribution is -2.18. The molecule has 1 aromatic rings. The Kier molecular flexibility index (Phi) is 3.54. The number of carboxylic acid groups (broad SMARTS) is 1. The van der Waals surface area contributed by atoms with Crippen LogP contribution in [-0.4, -0.2) is 25.4 Å². The van der Waals surface area contributed by atoms with E-state index in [1.165, 1.54) is 24.3 Å². The van der Waals surface area contributed by atoms with Crippen molar-refractivity contribution in [1.82, 2.24) is 0 Å². The number of hydrogen-bond donors (Lipinski definition) is 3. The summed E-state index contributed by atoms with van der Waals surface area (Å²) in [5.41, 5.74) is -0.199. The molecule has 7 nitrogen and oxygen atoms in total. The Morgan fingerprint density at radius 2 is 1.71 bits per heavy atom. The summed E-state index contributed by atoms with van der Waals surface area (Å²) >= 11 is 0. The van der Waals surface area contributed by atoms with Crippen LogP contribution in [0.15, 0.2) is 29.2 Å². The number of sulfonamides is 1. The van der Waals surface area contributed by atoms with Gasteiger partial charge in [-0.1, -0.05) is 13.8 Å². The van der Waals surface area contributed by atoms with Crippen molar-refractivity contribution in [3.63, 3.8) is 0 Å². The zero-order valence-electron chi connectivity index (χ0n) is 11.5. The molecule has 1 amide bonds. The van der Waals surface area contributed by atoms with Gasteiger partial charge in [0.1, 0.15) is 0 Å². The van der Waals surface area contributed by atoms with Crippen molar-refractivity contribution in [3.05, 3.63) is 24.3 Å². The van der Waals surface area contributed by atoms with E-state index in [1.54, 1.807) is 13.8 Å². The number of carbonyl (C=O) groups excluding carboxylic acids is 1. The molecule has 0 unspecified atom stereocenters. The molecule has 0 bridgehead atoms. The van der Waals surface area contributed by atoms with E-state index in [1.807, 2.05) is 0 Å². The fraction of sp³-hybridized carbons (Fsp3) is 0.385. The number of nitrogens with two attached hydrogens (primary N) is 1. The van der Waals surface area contributed by atoms with Crippen molar-refractivity contribution >= 4 is 27.6 Å². The maximum atomic E-state index is 12.1. The number of carboxylic acids is 1. The van der Waals surface area contributed by atoms with Crippen molar-refractivity contribution in [3.8, 4) is 0 Å². The predicted octanol–water partition coefficient (Wildman–Crippen LogP) is 0.629. The first-order chi connectivity index (χ1) is 9.55. The highest BCUT2D eigenvalue weighted by molar-refractivity contribution is 7.89. The number of aliphatic carboxylic acids is 1. The quantitative estimate of drug-likeness (QED) is 0.751. The molecule has 4 N–H and O–H groups in total. The van der Waals surface area contributed by atoms with E-state index < -0.39 is 39.2 Å². The Balaban J connectivity index is 2.10. The molecule has 0 saturated heterocycles. The molecular formula is C13H16N2O5S. The highest BCUT2D eigenvalue weighted by Gasteiger charge is 2.65. The van der Waals surface area contributed by atoms with Crippen LogP contribution in [0.3, 0.4) is 0 Å². The predicted molar refractivity (Wildman–Crippen MR) is 74.8 cm³/mol. The zero-order chi connectivity index (χ0) is 16.0. The van der Waals surface area contributed by atoms with E-state index >= 15 is 0 Å². The minimum atomic E-state index is -3.78. The van der Waals surface area contributed by atoms with Gasteiger partial charge in [-0.3, -0.25) is 9.59 Å². The molecule has 0 aliphatic heterocycles. The Morgan fingerprint density at radius 3 is 2.10 bits per heavy atom. The van der Waals surface area contributed by atoms with Gasteiger partial charge in [0.15, 0.2) is 0 Å². The molecule has 0 radical (unpaired) electrons. The van der Waals surface area contributed by atoms with E-state index in [4.69, 9.17) is 10.2 Å². The number of carbonyl (C=O) groups is 2. The van der Waals surface area contributed by atoms with Crippen molar-refractivity contribution in [2.75, 3.05) is 5.32 Å². The highest BCUT2D eigenvalue weighted by atomic mass is 32.2. The number of amides is 1. The first-order valence-corrected chi connectivity index (χ1v) is 7.76. The number of hydrogen-bond acceptors (Lipinski definition) is 4. The lowest BCUT2D eigenvalue weighted by atomic mass is 10.1. The molecule has 1 aliphatic rings. The van der Waals surface area contributed by atoms with Crippen LogP contribution in [0.4, 0.5) is 5.69 Å². The maximum absolute atomic E-state index is 12.1. The van der Waals surface area contributed by atoms with Gasteiger partial charge in [0.2, 0.25) is 15.9 Å². The van der Waals surface area contributed by atoms with Crippen LogP contribution in [-0.2, 0) is 19.6 Å². The Hall–Kier alpha value is -1.93. The van der Waals surface area contributed by atoms with E-state index in [2.05, 4.69) is 5.32 Å². The van der Waals surface area contributed by atoms with Crippen LogP contribution in [0, 0.1) is 17.3 Å². The highest BCUT2D eigenvalue weighted by Crippen LogP contribution is 2.58. The molecule has 21 heavy (non-hydrogen) atoms. The van der Waals surface area contributed by atoms with E-state index in [0.717, 1.165) is 0 Å². The van der Waals surface area contributed by atoms with Gasteiger partial charge in [-0.25, -0.2) is 13.6 Å². The summed E-state index contributed by atoms with van der Waals surface area (Å²) in [7, 11) is -3.78. The SMILES string of the molecule is CC1(C)[C@H](C(=O)Nc2ccc(S(N)(=O)=O)cc2)[C@@H]1C(=O)O. The van der Waals surface area contributed by atoms with E-state index in [9.17, 15) is 18.0 Å². The topological polar surface area (TPSA) is 127 Å². The largest absolute Gasteiger partial charge is 0.481 e. The second-order valence-electron chi connectivity index (χ2n) is 5.67. The van der Waals surface area contributed by atoms with E-state index in [-0.39, 0.29) is 4.90 Å². The van der Waals surface area contributed by atoms with Crippen LogP contribution < -0.4 is 10.5 Å². The number of anilines is 1. The molecule has 8 heteroatoms. The molecule has 0 spiro atoms. The van der Waals surface area contributed by atoms with Gasteiger partial charge >= 0.3 is 5.97 Å². The van der Waals surface area contributed by atoms with Gasteiger partial charge in [-0.15, -0.1) is 0 Å². The summed E-state index contributed by atoms with van der Waals surface area (Å²) < 4.78 is 22.2. The Morgan fingerprint density at radius 1 is 1.19 bits per heavy atom. The van der Waals surface area contributed by atoms with Crippen molar-refractivity contribution in [2.45, 2.75) is 18.7 Å². The van der Waals surface area contributed by atoms with Crippen LogP contribution >= 0.6 is 0 Å². The Labute approximate surface area is 122 Å². The summed E-state index contributed by atoms with van der Waals surface area (Å²) in [6, 6.07) is 5.36. The third-order valence-electron chi connectivity index (χ3n) is 3.83. The minimum absolute atomic E-state index is 0.0596. The molecule has 2 rings (SSSR count). The second-order valence-corrected chi connectivity index (χ2v) is 7.24. The van der Waals surface area contributed by atoms with Crippen LogP contribution in [0.25, 0.3) is 0 Å². The van der Waals surface area contributed by atoms with Gasteiger partial charge in [0, 0.05) is 5.69 Å².